The lowest BCUT2D eigenvalue weighted by molar-refractivity contribution is 0.0694. The summed E-state index contributed by atoms with van der Waals surface area (Å²) in [6, 6.07) is 0. The first kappa shape index (κ1) is 11.9. The maximum absolute atomic E-state index is 6.22. The molecule has 0 spiro atoms. The van der Waals surface area contributed by atoms with E-state index in [1.54, 1.807) is 0 Å². The lowest BCUT2D eigenvalue weighted by atomic mass is 9.97. The van der Waals surface area contributed by atoms with E-state index in [1.807, 2.05) is 0 Å². The van der Waals surface area contributed by atoms with E-state index in [1.165, 1.54) is 56.7 Å². The fourth-order valence-corrected chi connectivity index (χ4v) is 3.85. The number of hydrogen-bond donors (Lipinski definition) is 0. The maximum Gasteiger partial charge on any atom is 0.291 e. The third kappa shape index (κ3) is 2.22. The Labute approximate surface area is 117 Å². The summed E-state index contributed by atoms with van der Waals surface area (Å²) in [6.07, 6.45) is 8.68. The first-order valence-electron chi connectivity index (χ1n) is 7.31. The second-order valence-electron chi connectivity index (χ2n) is 6.91. The predicted octanol–water partition coefficient (Wildman–Crippen LogP) is 3.43. The number of fused-ring (bicyclic) bond motifs is 2. The van der Waals surface area contributed by atoms with E-state index in [0.29, 0.717) is 17.2 Å². The van der Waals surface area contributed by atoms with Crippen molar-refractivity contribution < 1.29 is 9.47 Å². The minimum Gasteiger partial charge on any atom is -0.473 e. The molecule has 3 aliphatic carbocycles. The highest BCUT2D eigenvalue weighted by molar-refractivity contribution is 6.99. The molecule has 0 atom stereocenters. The molecule has 1 aromatic heterocycles. The summed E-state index contributed by atoms with van der Waals surface area (Å²) in [6.45, 7) is 2.99. The summed E-state index contributed by atoms with van der Waals surface area (Å²) in [4.78, 5) is 0. The second kappa shape index (κ2) is 4.08. The van der Waals surface area contributed by atoms with Gasteiger partial charge in [-0.1, -0.05) is 6.92 Å². The van der Waals surface area contributed by atoms with Crippen LogP contribution in [-0.2, 0) is 0 Å². The van der Waals surface area contributed by atoms with Crippen molar-refractivity contribution in [3.8, 4) is 11.8 Å². The summed E-state index contributed by atoms with van der Waals surface area (Å²) in [7, 11) is 0. The van der Waals surface area contributed by atoms with Crippen LogP contribution in [-0.4, -0.2) is 21.0 Å². The molecule has 5 heteroatoms. The zero-order valence-corrected chi connectivity index (χ0v) is 12.2. The smallest absolute Gasteiger partial charge is 0.291 e. The lowest BCUT2D eigenvalue weighted by Gasteiger charge is -2.26. The molecule has 2 bridgehead atoms. The molecule has 3 fully saturated rings. The topological polar surface area (TPSA) is 44.2 Å². The molecule has 1 heterocycles. The SMILES string of the molecule is CC1(COc2nsnc2OC23CCC(CC2)C3)CC1. The number of ether oxygens (including phenoxy) is 2. The third-order valence-corrected chi connectivity index (χ3v) is 5.58. The maximum atomic E-state index is 6.22. The average molecular weight is 280 g/mol. The zero-order valence-electron chi connectivity index (χ0n) is 11.4. The molecule has 1 aromatic rings. The molecule has 0 aliphatic heterocycles. The van der Waals surface area contributed by atoms with Crippen molar-refractivity contribution in [2.45, 2.75) is 57.5 Å². The first-order valence-corrected chi connectivity index (χ1v) is 8.04. The lowest BCUT2D eigenvalue weighted by Crippen LogP contribution is -2.30. The van der Waals surface area contributed by atoms with Crippen molar-refractivity contribution in [2.75, 3.05) is 6.61 Å². The van der Waals surface area contributed by atoms with Crippen LogP contribution in [0.1, 0.15) is 51.9 Å². The van der Waals surface area contributed by atoms with Gasteiger partial charge in [0, 0.05) is 5.41 Å². The summed E-state index contributed by atoms with van der Waals surface area (Å²) in [5.41, 5.74) is 0.410. The van der Waals surface area contributed by atoms with Crippen LogP contribution in [0.25, 0.3) is 0 Å². The molecular formula is C14H20N2O2S. The second-order valence-corrected chi connectivity index (χ2v) is 7.43. The summed E-state index contributed by atoms with van der Waals surface area (Å²) < 4.78 is 20.6. The van der Waals surface area contributed by atoms with Gasteiger partial charge in [0.15, 0.2) is 0 Å². The van der Waals surface area contributed by atoms with Gasteiger partial charge >= 0.3 is 0 Å². The molecule has 3 saturated carbocycles. The van der Waals surface area contributed by atoms with Crippen LogP contribution in [0.15, 0.2) is 0 Å². The van der Waals surface area contributed by atoms with Crippen LogP contribution < -0.4 is 9.47 Å². The molecule has 0 radical (unpaired) electrons. The molecule has 0 amide bonds. The van der Waals surface area contributed by atoms with E-state index in [9.17, 15) is 0 Å². The Morgan fingerprint density at radius 2 is 1.89 bits per heavy atom. The molecule has 0 aromatic carbocycles. The van der Waals surface area contributed by atoms with E-state index in [2.05, 4.69) is 15.7 Å². The van der Waals surface area contributed by atoms with E-state index in [4.69, 9.17) is 9.47 Å². The van der Waals surface area contributed by atoms with E-state index in [-0.39, 0.29) is 5.60 Å². The summed E-state index contributed by atoms with van der Waals surface area (Å²) in [5, 5.41) is 0. The molecule has 0 saturated heterocycles. The highest BCUT2D eigenvalue weighted by Crippen LogP contribution is 2.51. The van der Waals surface area contributed by atoms with Crippen molar-refractivity contribution in [3.05, 3.63) is 0 Å². The molecule has 104 valence electrons. The van der Waals surface area contributed by atoms with Gasteiger partial charge in [-0.3, -0.25) is 0 Å². The Balaban J connectivity index is 1.45. The number of hydrogen-bond acceptors (Lipinski definition) is 5. The Morgan fingerprint density at radius 1 is 1.16 bits per heavy atom. The van der Waals surface area contributed by atoms with Crippen molar-refractivity contribution in [2.24, 2.45) is 11.3 Å². The largest absolute Gasteiger partial charge is 0.473 e. The summed E-state index contributed by atoms with van der Waals surface area (Å²) >= 11 is 1.19. The van der Waals surface area contributed by atoms with Gasteiger partial charge in [0.2, 0.25) is 0 Å². The molecular weight excluding hydrogens is 260 g/mol. The first-order chi connectivity index (χ1) is 9.17. The van der Waals surface area contributed by atoms with Crippen molar-refractivity contribution in [1.82, 2.24) is 8.75 Å². The van der Waals surface area contributed by atoms with Gasteiger partial charge in [0.05, 0.1) is 18.3 Å². The van der Waals surface area contributed by atoms with Crippen LogP contribution >= 0.6 is 11.7 Å². The van der Waals surface area contributed by atoms with Gasteiger partial charge in [0.1, 0.15) is 5.60 Å². The van der Waals surface area contributed by atoms with Gasteiger partial charge in [-0.15, -0.1) is 8.75 Å². The summed E-state index contributed by atoms with van der Waals surface area (Å²) in [5.74, 6) is 2.13. The monoisotopic (exact) mass is 280 g/mol. The minimum atomic E-state index is 0.0437. The fourth-order valence-electron chi connectivity index (χ4n) is 3.41. The van der Waals surface area contributed by atoms with Crippen LogP contribution in [0, 0.1) is 11.3 Å². The van der Waals surface area contributed by atoms with Crippen molar-refractivity contribution >= 4 is 11.7 Å². The van der Waals surface area contributed by atoms with Gasteiger partial charge < -0.3 is 9.47 Å². The van der Waals surface area contributed by atoms with Crippen LogP contribution in [0.4, 0.5) is 0 Å². The molecule has 19 heavy (non-hydrogen) atoms. The molecule has 4 rings (SSSR count). The van der Waals surface area contributed by atoms with E-state index < -0.39 is 0 Å². The minimum absolute atomic E-state index is 0.0437. The van der Waals surface area contributed by atoms with E-state index >= 15 is 0 Å². The normalized spacial score (nSPS) is 34.5. The Morgan fingerprint density at radius 3 is 2.53 bits per heavy atom. The standard InChI is InChI=1S/C14H20N2O2S/c1-13(6-7-13)9-17-11-12(16-19-15-11)18-14-4-2-10(8-14)3-5-14/h10H,2-9H2,1H3. The number of nitrogens with zero attached hydrogens (tertiary/aromatic N) is 2. The van der Waals surface area contributed by atoms with Gasteiger partial charge in [-0.2, -0.15) is 0 Å². The molecule has 0 N–H and O–H groups in total. The third-order valence-electron chi connectivity index (χ3n) is 5.08. The molecule has 0 unspecified atom stereocenters. The highest BCUT2D eigenvalue weighted by atomic mass is 32.1. The Kier molecular flexibility index (Phi) is 2.56. The van der Waals surface area contributed by atoms with Gasteiger partial charge in [0.25, 0.3) is 11.8 Å². The zero-order chi connectivity index (χ0) is 12.9. The Hall–Kier alpha value is -0.840. The number of aromatic nitrogens is 2. The Bertz CT molecular complexity index is 476. The van der Waals surface area contributed by atoms with Gasteiger partial charge in [-0.05, 0) is 50.9 Å². The van der Waals surface area contributed by atoms with Crippen LogP contribution in [0.5, 0.6) is 11.8 Å². The predicted molar refractivity (Wildman–Crippen MR) is 72.7 cm³/mol. The van der Waals surface area contributed by atoms with Crippen molar-refractivity contribution in [1.29, 1.82) is 0 Å². The van der Waals surface area contributed by atoms with Crippen LogP contribution in [0.3, 0.4) is 0 Å². The van der Waals surface area contributed by atoms with E-state index in [0.717, 1.165) is 12.5 Å². The molecule has 3 aliphatic rings. The fraction of sp³-hybridized carbons (Fsp3) is 0.857. The van der Waals surface area contributed by atoms with Crippen molar-refractivity contribution in [3.63, 3.8) is 0 Å². The average Bonchev–Trinajstić information content (AvgIpc) is 2.84. The number of rotatable bonds is 5. The highest BCUT2D eigenvalue weighted by Gasteiger charge is 2.48. The quantitative estimate of drug-likeness (QED) is 0.829. The van der Waals surface area contributed by atoms with Crippen LogP contribution in [0.2, 0.25) is 0 Å². The molecule has 4 nitrogen and oxygen atoms in total. The van der Waals surface area contributed by atoms with Gasteiger partial charge in [-0.25, -0.2) is 0 Å².